The number of hydrogen-bond donors (Lipinski definition) is 12. The third-order valence-corrected chi connectivity index (χ3v) is 7.04. The lowest BCUT2D eigenvalue weighted by Gasteiger charge is -2.32. The molecule has 0 bridgehead atoms. The summed E-state index contributed by atoms with van der Waals surface area (Å²) in [6.45, 7) is 1.60. The number of aliphatic carboxylic acids is 2. The maximum atomic E-state index is 13.4. The van der Waals surface area contributed by atoms with Crippen LogP contribution in [0.25, 0.3) is 0 Å². The lowest BCUT2D eigenvalue weighted by Crippen LogP contribution is -2.63. The molecule has 1 fully saturated rings. The molecule has 0 aliphatic carbocycles. The topological polar surface area (TPSA) is 347 Å². The van der Waals surface area contributed by atoms with Crippen molar-refractivity contribution >= 4 is 47.4 Å². The molecule has 6 amide bonds. The van der Waals surface area contributed by atoms with Crippen molar-refractivity contribution in [3.63, 3.8) is 0 Å². The van der Waals surface area contributed by atoms with Gasteiger partial charge in [-0.1, -0.05) is 0 Å². The Morgan fingerprint density at radius 2 is 1.28 bits per heavy atom. The van der Waals surface area contributed by atoms with Gasteiger partial charge >= 0.3 is 11.9 Å². The van der Waals surface area contributed by atoms with Gasteiger partial charge in [0.2, 0.25) is 35.4 Å². The molecular formula is C26H43N7O14. The number of rotatable bonds is 18. The summed E-state index contributed by atoms with van der Waals surface area (Å²) in [6, 6.07) is -11.1. The zero-order valence-electron chi connectivity index (χ0n) is 25.9. The minimum absolute atomic E-state index is 0.0197. The van der Waals surface area contributed by atoms with Crippen LogP contribution in [-0.2, 0) is 38.4 Å². The van der Waals surface area contributed by atoms with E-state index in [1.54, 1.807) is 0 Å². The van der Waals surface area contributed by atoms with E-state index in [1.807, 2.05) is 10.6 Å². The molecule has 1 rings (SSSR count). The molecule has 1 aliphatic heterocycles. The first kappa shape index (κ1) is 40.6. The second-order valence-corrected chi connectivity index (χ2v) is 10.9. The smallest absolute Gasteiger partial charge is 0.325 e. The predicted molar refractivity (Wildman–Crippen MR) is 155 cm³/mol. The van der Waals surface area contributed by atoms with Gasteiger partial charge in [0, 0.05) is 6.54 Å². The number of nitrogens with zero attached hydrogens (tertiary/aromatic N) is 1. The number of nitrogens with one attached hydrogen (secondary N) is 5. The quantitative estimate of drug-likeness (QED) is 0.0641. The Bertz CT molecular complexity index is 1180. The van der Waals surface area contributed by atoms with Crippen LogP contribution >= 0.6 is 0 Å². The number of aliphatic hydroxyl groups excluding tert-OH is 4. The number of carboxylic acid groups (broad SMARTS) is 2. The molecule has 266 valence electrons. The standard InChI is InChI=1S/C26H43N7O14/c1-10(26(46)47)28-23(43)16-5-4-6-33(16)25(45)19(12(3)37)32-24(44)18(11(2)36)31-21(41)14(7-17(38)39)29-22(42)15(9-35)30-20(40)13(27)8-34/h10-16,18-19,34-37H,4-9,27H2,1-3H3,(H,28,43)(H,29,42)(H,30,40)(H,31,41)(H,32,44)(H,38,39)(H,46,47)/t10-,11+,12+,13-,14-,15-,16-,18-,19-/m0/s1. The Balaban J connectivity index is 3.13. The summed E-state index contributed by atoms with van der Waals surface area (Å²) >= 11 is 0. The van der Waals surface area contributed by atoms with Gasteiger partial charge in [-0.15, -0.1) is 0 Å². The highest BCUT2D eigenvalue weighted by atomic mass is 16.4. The van der Waals surface area contributed by atoms with Crippen molar-refractivity contribution in [3.8, 4) is 0 Å². The predicted octanol–water partition coefficient (Wildman–Crippen LogP) is -6.95. The number of carbonyl (C=O) groups is 8. The minimum Gasteiger partial charge on any atom is -0.481 e. The van der Waals surface area contributed by atoms with Gasteiger partial charge in [-0.2, -0.15) is 0 Å². The molecule has 9 atom stereocenters. The average molecular weight is 678 g/mol. The van der Waals surface area contributed by atoms with E-state index in [9.17, 15) is 58.8 Å². The van der Waals surface area contributed by atoms with E-state index < -0.39 is 122 Å². The molecule has 0 spiro atoms. The molecule has 1 aliphatic rings. The number of carboxylic acids is 2. The largest absolute Gasteiger partial charge is 0.481 e. The van der Waals surface area contributed by atoms with E-state index in [0.29, 0.717) is 6.42 Å². The fraction of sp³-hybridized carbons (Fsp3) is 0.692. The van der Waals surface area contributed by atoms with E-state index in [2.05, 4.69) is 16.0 Å². The van der Waals surface area contributed by atoms with Crippen LogP contribution in [0.1, 0.15) is 40.0 Å². The van der Waals surface area contributed by atoms with Gasteiger partial charge in [0.1, 0.15) is 42.3 Å². The molecule has 0 unspecified atom stereocenters. The fourth-order valence-corrected chi connectivity index (χ4v) is 4.36. The maximum Gasteiger partial charge on any atom is 0.325 e. The molecule has 1 saturated heterocycles. The van der Waals surface area contributed by atoms with Gasteiger partial charge in [0.15, 0.2) is 0 Å². The van der Waals surface area contributed by atoms with Crippen molar-refractivity contribution in [3.05, 3.63) is 0 Å². The maximum absolute atomic E-state index is 13.4. The molecular weight excluding hydrogens is 634 g/mol. The van der Waals surface area contributed by atoms with Crippen LogP contribution in [0, 0.1) is 0 Å². The summed E-state index contributed by atoms with van der Waals surface area (Å²) in [7, 11) is 0. The summed E-state index contributed by atoms with van der Waals surface area (Å²) in [6.07, 6.45) is -3.85. The average Bonchev–Trinajstić information content (AvgIpc) is 3.49. The van der Waals surface area contributed by atoms with Gasteiger partial charge < -0.3 is 67.9 Å². The third kappa shape index (κ3) is 12.0. The number of aliphatic hydroxyl groups is 4. The van der Waals surface area contributed by atoms with Gasteiger partial charge in [-0.05, 0) is 33.6 Å². The lowest BCUT2D eigenvalue weighted by molar-refractivity contribution is -0.146. The Morgan fingerprint density at radius 1 is 0.745 bits per heavy atom. The van der Waals surface area contributed by atoms with Crippen molar-refractivity contribution in [2.75, 3.05) is 19.8 Å². The molecule has 0 radical (unpaired) electrons. The van der Waals surface area contributed by atoms with Crippen LogP contribution in [0.2, 0.25) is 0 Å². The van der Waals surface area contributed by atoms with Crippen molar-refractivity contribution in [2.45, 2.75) is 94.5 Å². The molecule has 13 N–H and O–H groups in total. The second kappa shape index (κ2) is 18.6. The minimum atomic E-state index is -1.93. The summed E-state index contributed by atoms with van der Waals surface area (Å²) in [5.41, 5.74) is 5.35. The Hall–Kier alpha value is -4.44. The SMILES string of the molecule is C[C@H](NC(=O)[C@@H]1CCCN1C(=O)[C@@H](NC(=O)[C@@H](NC(=O)[C@H](CC(=O)O)NC(=O)[C@H](CO)NC(=O)[C@@H](N)CO)[C@@H](C)O)[C@@H](C)O)C(=O)O. The number of amides is 6. The summed E-state index contributed by atoms with van der Waals surface area (Å²) in [5.74, 6) is -9.47. The Labute approximate surface area is 268 Å². The molecule has 0 aromatic heterocycles. The lowest BCUT2D eigenvalue weighted by atomic mass is 10.1. The van der Waals surface area contributed by atoms with Crippen molar-refractivity contribution in [1.82, 2.24) is 31.5 Å². The number of hydrogen-bond acceptors (Lipinski definition) is 13. The van der Waals surface area contributed by atoms with Crippen LogP contribution < -0.4 is 32.3 Å². The van der Waals surface area contributed by atoms with Crippen molar-refractivity contribution < 1.29 is 69.0 Å². The monoisotopic (exact) mass is 677 g/mol. The molecule has 21 heteroatoms. The van der Waals surface area contributed by atoms with Crippen LogP contribution in [0.5, 0.6) is 0 Å². The van der Waals surface area contributed by atoms with E-state index in [4.69, 9.17) is 15.9 Å². The molecule has 21 nitrogen and oxygen atoms in total. The highest BCUT2D eigenvalue weighted by Gasteiger charge is 2.41. The molecule has 0 aromatic carbocycles. The van der Waals surface area contributed by atoms with Crippen LogP contribution in [0.15, 0.2) is 0 Å². The number of carbonyl (C=O) groups excluding carboxylic acids is 6. The van der Waals surface area contributed by atoms with Crippen LogP contribution in [-0.4, -0.2) is 157 Å². The third-order valence-electron chi connectivity index (χ3n) is 7.04. The molecule has 47 heavy (non-hydrogen) atoms. The normalized spacial score (nSPS) is 19.4. The first-order valence-corrected chi connectivity index (χ1v) is 14.5. The first-order valence-electron chi connectivity index (χ1n) is 14.5. The summed E-state index contributed by atoms with van der Waals surface area (Å²) in [5, 5.41) is 67.9. The van der Waals surface area contributed by atoms with Crippen molar-refractivity contribution in [1.29, 1.82) is 0 Å². The van der Waals surface area contributed by atoms with Crippen LogP contribution in [0.3, 0.4) is 0 Å². The highest BCUT2D eigenvalue weighted by molar-refractivity contribution is 5.98. The van der Waals surface area contributed by atoms with Crippen LogP contribution in [0.4, 0.5) is 0 Å². The van der Waals surface area contributed by atoms with Gasteiger partial charge in [-0.3, -0.25) is 38.4 Å². The van der Waals surface area contributed by atoms with E-state index in [0.717, 1.165) is 18.7 Å². The summed E-state index contributed by atoms with van der Waals surface area (Å²) in [4.78, 5) is 100. The number of likely N-dealkylation sites (tertiary alicyclic amines) is 1. The van der Waals surface area contributed by atoms with E-state index in [1.165, 1.54) is 6.92 Å². The zero-order valence-corrected chi connectivity index (χ0v) is 25.9. The molecule has 0 saturated carbocycles. The zero-order chi connectivity index (χ0) is 36.2. The second-order valence-electron chi connectivity index (χ2n) is 10.9. The van der Waals surface area contributed by atoms with Gasteiger partial charge in [-0.25, -0.2) is 0 Å². The number of nitrogens with two attached hydrogens (primary N) is 1. The Morgan fingerprint density at radius 3 is 1.77 bits per heavy atom. The fourth-order valence-electron chi connectivity index (χ4n) is 4.36. The highest BCUT2D eigenvalue weighted by Crippen LogP contribution is 2.20. The summed E-state index contributed by atoms with van der Waals surface area (Å²) < 4.78 is 0. The molecule has 1 heterocycles. The van der Waals surface area contributed by atoms with Gasteiger partial charge in [0.05, 0.1) is 31.8 Å². The van der Waals surface area contributed by atoms with E-state index >= 15 is 0 Å². The van der Waals surface area contributed by atoms with E-state index in [-0.39, 0.29) is 13.0 Å². The Kier molecular flexibility index (Phi) is 16.1. The van der Waals surface area contributed by atoms with Gasteiger partial charge in [0.25, 0.3) is 0 Å². The van der Waals surface area contributed by atoms with Crippen molar-refractivity contribution in [2.24, 2.45) is 5.73 Å². The first-order chi connectivity index (χ1) is 21.9. The molecule has 0 aromatic rings.